The van der Waals surface area contributed by atoms with E-state index in [1.165, 1.54) is 57.8 Å². The van der Waals surface area contributed by atoms with Gasteiger partial charge in [0.1, 0.15) is 0 Å². The van der Waals surface area contributed by atoms with Gasteiger partial charge in [-0.15, -0.1) is 0 Å². The minimum Gasteiger partial charge on any atom is -0.463 e. The second kappa shape index (κ2) is 12.0. The van der Waals surface area contributed by atoms with Gasteiger partial charge in [0.15, 0.2) is 0 Å². The van der Waals surface area contributed by atoms with E-state index in [0.29, 0.717) is 11.8 Å². The topological polar surface area (TPSA) is 26.3 Å². The molecule has 0 unspecified atom stereocenters. The lowest BCUT2D eigenvalue weighted by molar-refractivity contribution is -0.138. The molecule has 0 atom stereocenters. The first-order valence-corrected chi connectivity index (χ1v) is 12.3. The van der Waals surface area contributed by atoms with Crippen LogP contribution in [0, 0.1) is 0 Å². The van der Waals surface area contributed by atoms with Gasteiger partial charge in [-0.25, -0.2) is 4.79 Å². The number of carbonyl (C=O) groups excluding carboxylic acids is 1. The fourth-order valence-electron chi connectivity index (χ4n) is 2.15. The van der Waals surface area contributed by atoms with Gasteiger partial charge in [0.25, 0.3) is 0 Å². The Bertz CT molecular complexity index is 292. The maximum atomic E-state index is 11.8. The van der Waals surface area contributed by atoms with Gasteiger partial charge in [0, 0.05) is 5.20 Å². The van der Waals surface area contributed by atoms with Crippen molar-refractivity contribution in [2.45, 2.75) is 90.8 Å². The molecule has 0 rings (SSSR count). The molecule has 0 amide bonds. The lowest BCUT2D eigenvalue weighted by Crippen LogP contribution is -2.30. The second-order valence-electron chi connectivity index (χ2n) is 7.05. The van der Waals surface area contributed by atoms with Gasteiger partial charge in [0.05, 0.1) is 14.7 Å². The third-order valence-corrected chi connectivity index (χ3v) is 5.90. The summed E-state index contributed by atoms with van der Waals surface area (Å²) in [6, 6.07) is 0. The number of ether oxygens (including phenoxy) is 1. The predicted molar refractivity (Wildman–Crippen MR) is 95.3 cm³/mol. The first-order valence-electron chi connectivity index (χ1n) is 8.76. The van der Waals surface area contributed by atoms with E-state index < -0.39 is 8.07 Å². The van der Waals surface area contributed by atoms with E-state index in [2.05, 4.69) is 33.1 Å². The van der Waals surface area contributed by atoms with E-state index in [9.17, 15) is 4.79 Å². The van der Waals surface area contributed by atoms with Crippen molar-refractivity contribution in [2.75, 3.05) is 6.61 Å². The van der Waals surface area contributed by atoms with E-state index >= 15 is 0 Å². The number of hydrogen-bond acceptors (Lipinski definition) is 2. The summed E-state index contributed by atoms with van der Waals surface area (Å²) in [4.78, 5) is 11.8. The van der Waals surface area contributed by atoms with E-state index in [1.54, 1.807) is 0 Å². The van der Waals surface area contributed by atoms with Gasteiger partial charge in [-0.3, -0.25) is 0 Å². The van der Waals surface area contributed by atoms with Crippen LogP contribution in [0.1, 0.15) is 71.1 Å². The highest BCUT2D eigenvalue weighted by atomic mass is 28.3. The van der Waals surface area contributed by atoms with E-state index in [4.69, 9.17) is 4.74 Å². The summed E-state index contributed by atoms with van der Waals surface area (Å²) in [6.45, 7) is 13.1. The summed E-state index contributed by atoms with van der Waals surface area (Å²) < 4.78 is 5.30. The zero-order valence-corrected chi connectivity index (χ0v) is 15.8. The molecule has 0 aliphatic rings. The molecular weight excluding hydrogens is 276 g/mol. The van der Waals surface area contributed by atoms with Crippen LogP contribution in [0.3, 0.4) is 0 Å². The molecule has 0 bridgehead atoms. The van der Waals surface area contributed by atoms with Gasteiger partial charge in [-0.2, -0.15) is 0 Å². The van der Waals surface area contributed by atoms with Crippen LogP contribution in [0.25, 0.3) is 0 Å². The van der Waals surface area contributed by atoms with Crippen LogP contribution in [0.2, 0.25) is 19.6 Å². The van der Waals surface area contributed by atoms with Crippen LogP contribution in [-0.4, -0.2) is 20.7 Å². The minimum absolute atomic E-state index is 0.176. The van der Waals surface area contributed by atoms with Crippen molar-refractivity contribution in [3.63, 3.8) is 0 Å². The summed E-state index contributed by atoms with van der Waals surface area (Å²) in [7, 11) is -1.59. The van der Waals surface area contributed by atoms with Crippen LogP contribution in [0.4, 0.5) is 0 Å². The van der Waals surface area contributed by atoms with Crippen LogP contribution in [0.5, 0.6) is 0 Å². The Morgan fingerprint density at radius 2 is 1.29 bits per heavy atom. The molecule has 0 N–H and O–H groups in total. The summed E-state index contributed by atoms with van der Waals surface area (Å²) in [5, 5.41) is 0.703. The van der Waals surface area contributed by atoms with Crippen molar-refractivity contribution in [1.29, 1.82) is 0 Å². The fraction of sp³-hybridized carbons (Fsp3) is 0.833. The number of unbranched alkanes of at least 4 members (excludes halogenated alkanes) is 9. The lowest BCUT2D eigenvalue weighted by atomic mass is 10.1. The fourth-order valence-corrected chi connectivity index (χ4v) is 2.83. The summed E-state index contributed by atoms with van der Waals surface area (Å²) in [6.07, 6.45) is 13.0. The molecule has 124 valence electrons. The molecule has 0 radical (unpaired) electrons. The van der Waals surface area contributed by atoms with Crippen molar-refractivity contribution < 1.29 is 9.53 Å². The number of carbonyl (C=O) groups is 1. The largest absolute Gasteiger partial charge is 0.463 e. The SMILES string of the molecule is C=C(C(=O)OCCCCCCCCCCCC)[Si](C)(C)C. The molecular formula is C18H36O2Si. The first-order chi connectivity index (χ1) is 9.89. The maximum absolute atomic E-state index is 11.8. The van der Waals surface area contributed by atoms with Gasteiger partial charge in [-0.05, 0) is 6.42 Å². The van der Waals surface area contributed by atoms with Crippen LogP contribution in [0.15, 0.2) is 11.8 Å². The average molecular weight is 313 g/mol. The molecule has 0 saturated carbocycles. The lowest BCUT2D eigenvalue weighted by Gasteiger charge is -2.17. The Hall–Kier alpha value is -0.573. The highest BCUT2D eigenvalue weighted by molar-refractivity contribution is 6.86. The monoisotopic (exact) mass is 312 g/mol. The van der Waals surface area contributed by atoms with Gasteiger partial charge in [0.2, 0.25) is 0 Å². The molecule has 0 aliphatic carbocycles. The Morgan fingerprint density at radius 3 is 1.71 bits per heavy atom. The van der Waals surface area contributed by atoms with Crippen LogP contribution < -0.4 is 0 Å². The smallest absolute Gasteiger partial charge is 0.329 e. The molecule has 0 saturated heterocycles. The normalized spacial score (nSPS) is 11.4. The van der Waals surface area contributed by atoms with E-state index in [-0.39, 0.29) is 5.97 Å². The highest BCUT2D eigenvalue weighted by Crippen LogP contribution is 2.14. The molecule has 0 aromatic heterocycles. The quantitative estimate of drug-likeness (QED) is 0.184. The Labute approximate surface area is 133 Å². The number of esters is 1. The third-order valence-electron chi connectivity index (χ3n) is 3.88. The number of hydrogen-bond donors (Lipinski definition) is 0. The highest BCUT2D eigenvalue weighted by Gasteiger charge is 2.24. The van der Waals surface area contributed by atoms with Crippen LogP contribution >= 0.6 is 0 Å². The zero-order chi connectivity index (χ0) is 16.1. The van der Waals surface area contributed by atoms with E-state index in [0.717, 1.165) is 6.42 Å². The van der Waals surface area contributed by atoms with Crippen molar-refractivity contribution in [2.24, 2.45) is 0 Å². The van der Waals surface area contributed by atoms with E-state index in [1.807, 2.05) is 0 Å². The van der Waals surface area contributed by atoms with Gasteiger partial charge >= 0.3 is 5.97 Å². The summed E-state index contributed by atoms with van der Waals surface area (Å²) in [5.74, 6) is -0.176. The summed E-state index contributed by atoms with van der Waals surface area (Å²) in [5.41, 5.74) is 0. The molecule has 0 aromatic rings. The van der Waals surface area contributed by atoms with Crippen molar-refractivity contribution in [1.82, 2.24) is 0 Å². The van der Waals surface area contributed by atoms with Gasteiger partial charge < -0.3 is 4.74 Å². The molecule has 0 spiro atoms. The molecule has 0 fully saturated rings. The first kappa shape index (κ1) is 20.4. The maximum Gasteiger partial charge on any atom is 0.329 e. The third kappa shape index (κ3) is 11.7. The molecule has 0 heterocycles. The zero-order valence-electron chi connectivity index (χ0n) is 14.8. The van der Waals surface area contributed by atoms with Crippen molar-refractivity contribution >= 4 is 14.0 Å². The molecule has 21 heavy (non-hydrogen) atoms. The van der Waals surface area contributed by atoms with Crippen LogP contribution in [-0.2, 0) is 9.53 Å². The number of rotatable bonds is 13. The van der Waals surface area contributed by atoms with Gasteiger partial charge in [-0.1, -0.05) is 90.9 Å². The standard InChI is InChI=1S/C18H36O2Si/c1-6-7-8-9-10-11-12-13-14-15-16-20-18(19)17(2)21(3,4)5/h2,6-16H2,1,3-5H3. The Balaban J connectivity index is 3.37. The minimum atomic E-state index is -1.59. The molecule has 3 heteroatoms. The Morgan fingerprint density at radius 1 is 0.857 bits per heavy atom. The predicted octanol–water partition coefficient (Wildman–Crippen LogP) is 5.88. The average Bonchev–Trinajstić information content (AvgIpc) is 2.42. The van der Waals surface area contributed by atoms with Crippen molar-refractivity contribution in [3.05, 3.63) is 11.8 Å². The Kier molecular flexibility index (Phi) is 11.7. The molecule has 2 nitrogen and oxygen atoms in total. The van der Waals surface area contributed by atoms with Crippen molar-refractivity contribution in [3.8, 4) is 0 Å². The second-order valence-corrected chi connectivity index (χ2v) is 12.2. The molecule has 0 aliphatic heterocycles. The summed E-state index contributed by atoms with van der Waals surface area (Å²) >= 11 is 0. The molecule has 0 aromatic carbocycles.